The minimum atomic E-state index is -1.97. The standard InChI is InChI=1S/C23H40O4Si/c1-8-22(24)12-9-10-20(27-28(6,7)21(2,3)4)23(22)13-11-17-14-18(15-19(17)23)26-16-25-5/h8,15,17-18,20,24H,1,9-14,16H2,2-7H3/t17-,18+,20+,22-,23+/m1/s1. The second-order valence-electron chi connectivity index (χ2n) is 10.6. The van der Waals surface area contributed by atoms with E-state index in [-0.39, 0.29) is 22.7 Å². The van der Waals surface area contributed by atoms with Crippen LogP contribution in [0.2, 0.25) is 18.1 Å². The molecule has 0 aromatic carbocycles. The molecule has 0 saturated heterocycles. The lowest BCUT2D eigenvalue weighted by molar-refractivity contribution is -0.116. The van der Waals surface area contributed by atoms with Crippen LogP contribution in [0.5, 0.6) is 0 Å². The quantitative estimate of drug-likeness (QED) is 0.373. The molecule has 0 aliphatic heterocycles. The summed E-state index contributed by atoms with van der Waals surface area (Å²) in [7, 11) is -0.309. The lowest BCUT2D eigenvalue weighted by atomic mass is 9.58. The second-order valence-corrected chi connectivity index (χ2v) is 15.3. The van der Waals surface area contributed by atoms with E-state index in [0.29, 0.717) is 12.7 Å². The van der Waals surface area contributed by atoms with Crippen LogP contribution in [0.25, 0.3) is 0 Å². The van der Waals surface area contributed by atoms with Crippen LogP contribution in [0.4, 0.5) is 0 Å². The van der Waals surface area contributed by atoms with Gasteiger partial charge in [0.15, 0.2) is 8.32 Å². The number of ether oxygens (including phenoxy) is 2. The number of aliphatic hydroxyl groups is 1. The zero-order valence-electron chi connectivity index (χ0n) is 18.7. The highest BCUT2D eigenvalue weighted by atomic mass is 28.4. The highest BCUT2D eigenvalue weighted by Gasteiger charge is 2.64. The maximum Gasteiger partial charge on any atom is 0.192 e. The van der Waals surface area contributed by atoms with Crippen molar-refractivity contribution in [3.63, 3.8) is 0 Å². The summed E-state index contributed by atoms with van der Waals surface area (Å²) in [6.45, 7) is 15.9. The number of methoxy groups -OCH3 is 1. The third-order valence-electron chi connectivity index (χ3n) is 8.05. The molecule has 0 bridgehead atoms. The molecule has 0 heterocycles. The molecule has 1 N–H and O–H groups in total. The molecule has 160 valence electrons. The van der Waals surface area contributed by atoms with Gasteiger partial charge in [0.05, 0.1) is 17.8 Å². The first-order chi connectivity index (χ1) is 13.0. The Hall–Kier alpha value is -0.463. The van der Waals surface area contributed by atoms with E-state index in [4.69, 9.17) is 13.9 Å². The summed E-state index contributed by atoms with van der Waals surface area (Å²) in [5.74, 6) is 0.469. The van der Waals surface area contributed by atoms with Gasteiger partial charge >= 0.3 is 0 Å². The number of fused-ring (bicyclic) bond motifs is 2. The minimum absolute atomic E-state index is 0.0440. The van der Waals surface area contributed by atoms with Gasteiger partial charge in [-0.2, -0.15) is 0 Å². The third kappa shape index (κ3) is 3.47. The van der Waals surface area contributed by atoms with Gasteiger partial charge in [0, 0.05) is 12.5 Å². The Morgan fingerprint density at radius 1 is 1.29 bits per heavy atom. The fourth-order valence-corrected chi connectivity index (χ4v) is 6.89. The molecule has 2 fully saturated rings. The molecule has 5 heteroatoms. The number of hydrogen-bond acceptors (Lipinski definition) is 4. The van der Waals surface area contributed by atoms with Crippen molar-refractivity contribution in [2.45, 2.75) is 95.2 Å². The average Bonchev–Trinajstić information content (AvgIpc) is 3.16. The van der Waals surface area contributed by atoms with E-state index in [1.165, 1.54) is 5.57 Å². The predicted molar refractivity (Wildman–Crippen MR) is 116 cm³/mol. The van der Waals surface area contributed by atoms with Crippen LogP contribution >= 0.6 is 0 Å². The predicted octanol–water partition coefficient (Wildman–Crippen LogP) is 5.19. The van der Waals surface area contributed by atoms with Gasteiger partial charge in [0.25, 0.3) is 0 Å². The number of hydrogen-bond donors (Lipinski definition) is 1. The Morgan fingerprint density at radius 2 is 2.00 bits per heavy atom. The third-order valence-corrected chi connectivity index (χ3v) is 12.5. The molecule has 3 rings (SSSR count). The van der Waals surface area contributed by atoms with Gasteiger partial charge in [0.2, 0.25) is 0 Å². The molecule has 4 nitrogen and oxygen atoms in total. The molecule has 3 aliphatic rings. The van der Waals surface area contributed by atoms with Crippen molar-refractivity contribution in [3.05, 3.63) is 24.3 Å². The summed E-state index contributed by atoms with van der Waals surface area (Å²) in [6, 6.07) is 0. The van der Waals surface area contributed by atoms with Gasteiger partial charge in [-0.15, -0.1) is 6.58 Å². The maximum absolute atomic E-state index is 11.8. The molecule has 3 aliphatic carbocycles. The van der Waals surface area contributed by atoms with E-state index in [2.05, 4.69) is 46.5 Å². The normalized spacial score (nSPS) is 38.5. The molecule has 0 aromatic rings. The van der Waals surface area contributed by atoms with Crippen LogP contribution in [0.1, 0.15) is 59.3 Å². The fraction of sp³-hybridized carbons (Fsp3) is 0.826. The Balaban J connectivity index is 2.00. The molecular formula is C23H40O4Si. The van der Waals surface area contributed by atoms with Crippen LogP contribution in [0.3, 0.4) is 0 Å². The van der Waals surface area contributed by atoms with E-state index in [0.717, 1.165) is 38.5 Å². The van der Waals surface area contributed by atoms with Gasteiger partial charge in [-0.25, -0.2) is 0 Å². The zero-order chi connectivity index (χ0) is 20.8. The lowest BCUT2D eigenvalue weighted by Gasteiger charge is -2.55. The Kier molecular flexibility index (Phi) is 6.08. The van der Waals surface area contributed by atoms with Crippen LogP contribution in [0, 0.1) is 11.3 Å². The van der Waals surface area contributed by atoms with E-state index < -0.39 is 13.9 Å². The van der Waals surface area contributed by atoms with Crippen LogP contribution in [0.15, 0.2) is 24.3 Å². The Bertz CT molecular complexity index is 623. The summed E-state index contributed by atoms with van der Waals surface area (Å²) in [5.41, 5.74) is 0.0901. The first kappa shape index (κ1) is 22.2. The first-order valence-corrected chi connectivity index (χ1v) is 13.8. The van der Waals surface area contributed by atoms with Gasteiger partial charge in [-0.05, 0) is 62.6 Å². The molecule has 2 saturated carbocycles. The molecule has 0 amide bonds. The van der Waals surface area contributed by atoms with E-state index >= 15 is 0 Å². The van der Waals surface area contributed by atoms with Crippen LogP contribution < -0.4 is 0 Å². The highest BCUT2D eigenvalue weighted by Crippen LogP contribution is 2.64. The summed E-state index contributed by atoms with van der Waals surface area (Å²) >= 11 is 0. The largest absolute Gasteiger partial charge is 0.413 e. The summed E-state index contributed by atoms with van der Waals surface area (Å²) < 4.78 is 18.0. The zero-order valence-corrected chi connectivity index (χ0v) is 19.7. The Morgan fingerprint density at radius 3 is 2.61 bits per heavy atom. The van der Waals surface area contributed by atoms with Gasteiger partial charge < -0.3 is 19.0 Å². The topological polar surface area (TPSA) is 47.9 Å². The van der Waals surface area contributed by atoms with Crippen molar-refractivity contribution in [3.8, 4) is 0 Å². The molecule has 0 unspecified atom stereocenters. The van der Waals surface area contributed by atoms with E-state index in [1.807, 2.05) is 0 Å². The van der Waals surface area contributed by atoms with E-state index in [1.54, 1.807) is 13.2 Å². The molecule has 0 aromatic heterocycles. The van der Waals surface area contributed by atoms with Crippen LogP contribution in [-0.4, -0.2) is 45.1 Å². The molecule has 1 spiro atoms. The lowest BCUT2D eigenvalue weighted by Crippen LogP contribution is -2.60. The van der Waals surface area contributed by atoms with Crippen LogP contribution in [-0.2, 0) is 13.9 Å². The van der Waals surface area contributed by atoms with Crippen molar-refractivity contribution >= 4 is 8.32 Å². The van der Waals surface area contributed by atoms with Gasteiger partial charge in [0.1, 0.15) is 6.79 Å². The maximum atomic E-state index is 11.8. The SMILES string of the molecule is C=C[C@@]1(O)CCC[C@H](O[Si](C)(C)C(C)(C)C)[C@@]12CC[C@@H]1C[C@H](OCOC)C=C12. The van der Waals surface area contributed by atoms with Crippen molar-refractivity contribution in [1.29, 1.82) is 0 Å². The van der Waals surface area contributed by atoms with Gasteiger partial charge in [-0.3, -0.25) is 0 Å². The smallest absolute Gasteiger partial charge is 0.192 e. The highest BCUT2D eigenvalue weighted by molar-refractivity contribution is 6.74. The van der Waals surface area contributed by atoms with Crippen molar-refractivity contribution in [2.24, 2.45) is 11.3 Å². The molecule has 5 atom stereocenters. The molecule has 28 heavy (non-hydrogen) atoms. The average molecular weight is 409 g/mol. The first-order valence-electron chi connectivity index (χ1n) is 10.9. The Labute approximate surface area is 172 Å². The molecule has 0 radical (unpaired) electrons. The minimum Gasteiger partial charge on any atom is -0.413 e. The summed E-state index contributed by atoms with van der Waals surface area (Å²) in [6.07, 6.45) is 10.0. The van der Waals surface area contributed by atoms with Crippen molar-refractivity contribution < 1.29 is 19.0 Å². The fourth-order valence-electron chi connectivity index (χ4n) is 5.51. The monoisotopic (exact) mass is 408 g/mol. The van der Waals surface area contributed by atoms with Crippen molar-refractivity contribution in [2.75, 3.05) is 13.9 Å². The van der Waals surface area contributed by atoms with Crippen molar-refractivity contribution in [1.82, 2.24) is 0 Å². The summed E-state index contributed by atoms with van der Waals surface area (Å²) in [4.78, 5) is 0. The van der Waals surface area contributed by atoms with E-state index in [9.17, 15) is 5.11 Å². The molecular weight excluding hydrogens is 368 g/mol. The summed E-state index contributed by atoms with van der Waals surface area (Å²) in [5, 5.41) is 12.0. The van der Waals surface area contributed by atoms with Gasteiger partial charge in [-0.1, -0.05) is 38.5 Å². The number of rotatable bonds is 6. The second kappa shape index (κ2) is 7.66.